The highest BCUT2D eigenvalue weighted by molar-refractivity contribution is 6.12. The Morgan fingerprint density at radius 2 is 0.883 bits per heavy atom. The summed E-state index contributed by atoms with van der Waals surface area (Å²) in [6.07, 6.45) is 11.7. The fraction of sp³-hybridized carbons (Fsp3) is 0.0137. The average Bonchev–Trinajstić information content (AvgIpc) is 4.15. The molecule has 0 amide bonds. The first kappa shape index (κ1) is 46.3. The molecule has 11 aromatic carbocycles. The highest BCUT2D eigenvalue weighted by atomic mass is 15.1. The average molecular weight is 983 g/mol. The number of terminal acetylenes is 1. The fourth-order valence-corrected chi connectivity index (χ4v) is 11.0. The molecule has 0 spiro atoms. The van der Waals surface area contributed by atoms with Crippen molar-refractivity contribution in [3.8, 4) is 51.4 Å². The summed E-state index contributed by atoms with van der Waals surface area (Å²) in [5.74, 6) is 2.75. The lowest BCUT2D eigenvalue weighted by Gasteiger charge is -2.27. The molecule has 0 aliphatic heterocycles. The van der Waals surface area contributed by atoms with Crippen molar-refractivity contribution in [1.29, 1.82) is 0 Å². The molecule has 0 aliphatic carbocycles. The molecule has 362 valence electrons. The summed E-state index contributed by atoms with van der Waals surface area (Å²) in [5.41, 5.74) is 19.5. The van der Waals surface area contributed by atoms with E-state index in [0.717, 1.165) is 101 Å². The van der Waals surface area contributed by atoms with Gasteiger partial charge in [0.05, 0.1) is 22.2 Å². The topological polar surface area (TPSA) is 16.3 Å². The van der Waals surface area contributed by atoms with Crippen LogP contribution in [0.5, 0.6) is 0 Å². The summed E-state index contributed by atoms with van der Waals surface area (Å²) in [4.78, 5) is 4.73. The Hall–Kier alpha value is -10.5. The van der Waals surface area contributed by atoms with Crippen LogP contribution >= 0.6 is 0 Å². The van der Waals surface area contributed by atoms with Gasteiger partial charge in [-0.05, 0) is 168 Å². The molecule has 13 rings (SSSR count). The van der Waals surface area contributed by atoms with E-state index >= 15 is 0 Å². The molecular weight excluding hydrogens is 933 g/mol. The number of allylic oxidation sites excluding steroid dienone is 4. The Kier molecular flexibility index (Phi) is 12.1. The monoisotopic (exact) mass is 982 g/mol. The Morgan fingerprint density at radius 3 is 1.45 bits per heavy atom. The molecule has 0 bridgehead atoms. The van der Waals surface area contributed by atoms with Gasteiger partial charge in [0.2, 0.25) is 0 Å². The molecule has 0 aliphatic rings. The van der Waals surface area contributed by atoms with Crippen LogP contribution in [0.25, 0.3) is 88.4 Å². The molecule has 0 atom stereocenters. The first-order chi connectivity index (χ1) is 38.1. The van der Waals surface area contributed by atoms with Gasteiger partial charge in [-0.25, -0.2) is 0 Å². The van der Waals surface area contributed by atoms with Crippen LogP contribution in [0.1, 0.15) is 6.92 Å². The number of aromatic nitrogens is 2. The number of fused-ring (bicyclic) bond motifs is 6. The molecule has 77 heavy (non-hydrogen) atoms. The van der Waals surface area contributed by atoms with E-state index in [2.05, 4.69) is 292 Å². The van der Waals surface area contributed by atoms with Crippen molar-refractivity contribution in [2.24, 2.45) is 0 Å². The van der Waals surface area contributed by atoms with Gasteiger partial charge < -0.3 is 18.9 Å². The van der Waals surface area contributed by atoms with E-state index in [0.29, 0.717) is 0 Å². The summed E-state index contributed by atoms with van der Waals surface area (Å²) >= 11 is 0. The zero-order valence-corrected chi connectivity index (χ0v) is 42.4. The van der Waals surface area contributed by atoms with E-state index in [1.807, 2.05) is 25.1 Å². The van der Waals surface area contributed by atoms with Gasteiger partial charge in [-0.15, -0.1) is 6.42 Å². The van der Waals surface area contributed by atoms with Crippen molar-refractivity contribution in [2.45, 2.75) is 6.92 Å². The minimum atomic E-state index is 0.893. The Morgan fingerprint density at radius 1 is 0.416 bits per heavy atom. The fourth-order valence-electron chi connectivity index (χ4n) is 11.0. The first-order valence-corrected chi connectivity index (χ1v) is 26.0. The van der Waals surface area contributed by atoms with Gasteiger partial charge in [0.1, 0.15) is 5.52 Å². The number of benzene rings is 10. The predicted octanol–water partition coefficient (Wildman–Crippen LogP) is 19.5. The van der Waals surface area contributed by atoms with Gasteiger partial charge in [0.15, 0.2) is 0 Å². The third-order valence-electron chi connectivity index (χ3n) is 14.5. The first-order valence-electron chi connectivity index (χ1n) is 26.0. The number of hydrogen-bond donors (Lipinski definition) is 0. The Bertz CT molecular complexity index is 4380. The van der Waals surface area contributed by atoms with Gasteiger partial charge in [-0.3, -0.25) is 0 Å². The Labute approximate surface area is 449 Å². The molecule has 0 saturated carbocycles. The molecule has 2 aromatic heterocycles. The minimum absolute atomic E-state index is 0.893. The van der Waals surface area contributed by atoms with Crippen molar-refractivity contribution < 1.29 is 0 Å². The van der Waals surface area contributed by atoms with Crippen molar-refractivity contribution >= 4 is 83.4 Å². The second-order valence-electron chi connectivity index (χ2n) is 19.1. The van der Waals surface area contributed by atoms with Gasteiger partial charge in [-0.1, -0.05) is 164 Å². The number of anilines is 6. The lowest BCUT2D eigenvalue weighted by atomic mass is 10.0. The number of hydrogen-bond acceptors (Lipinski definition) is 2. The largest absolute Gasteiger partial charge is 0.310 e. The SMILES string of the molecule is C#C/C=C(\C=C/C)n1c2c#cccc2c2cc(N(c3ccc(-c4ccc(N(c5cccc(-c6ccccc6)c5)c5ccc6c(c5)c5ccccc5n6-c5ccccc5)cc4)cc3)c3cccc(-c4ccccc4)c3)ccc21. The van der Waals surface area contributed by atoms with Crippen LogP contribution in [0.15, 0.2) is 279 Å². The van der Waals surface area contributed by atoms with Crippen LogP contribution in [0.3, 0.4) is 0 Å². The third-order valence-corrected chi connectivity index (χ3v) is 14.5. The van der Waals surface area contributed by atoms with Crippen LogP contribution in [0.4, 0.5) is 34.1 Å². The molecule has 0 unspecified atom stereocenters. The molecule has 0 N–H and O–H groups in total. The van der Waals surface area contributed by atoms with Crippen molar-refractivity contribution in [1.82, 2.24) is 9.13 Å². The summed E-state index contributed by atoms with van der Waals surface area (Å²) in [6, 6.07) is 100. The molecule has 13 aromatic rings. The van der Waals surface area contributed by atoms with Crippen LogP contribution in [0, 0.1) is 24.5 Å². The van der Waals surface area contributed by atoms with E-state index in [9.17, 15) is 0 Å². The van der Waals surface area contributed by atoms with Crippen molar-refractivity contribution in [2.75, 3.05) is 9.80 Å². The minimum Gasteiger partial charge on any atom is -0.310 e. The predicted molar refractivity (Wildman–Crippen MR) is 325 cm³/mol. The molecule has 4 heteroatoms. The van der Waals surface area contributed by atoms with Gasteiger partial charge in [0, 0.05) is 67.4 Å². The number of rotatable bonds is 12. The molecule has 4 nitrogen and oxygen atoms in total. The number of nitrogens with zero attached hydrogens (tertiary/aromatic N) is 4. The zero-order chi connectivity index (χ0) is 51.7. The van der Waals surface area contributed by atoms with Crippen LogP contribution < -0.4 is 9.80 Å². The van der Waals surface area contributed by atoms with Crippen LogP contribution in [-0.4, -0.2) is 9.13 Å². The Balaban J connectivity index is 0.901. The molecular formula is C73H50N4. The summed E-state index contributed by atoms with van der Waals surface area (Å²) in [5, 5.41) is 4.58. The quantitative estimate of drug-likeness (QED) is 0.0896. The summed E-state index contributed by atoms with van der Waals surface area (Å²) in [7, 11) is 0. The highest BCUT2D eigenvalue weighted by Crippen LogP contribution is 2.44. The van der Waals surface area contributed by atoms with Gasteiger partial charge in [0.25, 0.3) is 0 Å². The molecule has 0 fully saturated rings. The molecule has 0 saturated heterocycles. The maximum Gasteiger partial charge on any atom is 0.105 e. The zero-order valence-electron chi connectivity index (χ0n) is 42.4. The normalized spacial score (nSPS) is 11.6. The van der Waals surface area contributed by atoms with Gasteiger partial charge >= 0.3 is 0 Å². The summed E-state index contributed by atoms with van der Waals surface area (Å²) < 4.78 is 4.55. The number of para-hydroxylation sites is 2. The van der Waals surface area contributed by atoms with E-state index in [4.69, 9.17) is 6.42 Å². The van der Waals surface area contributed by atoms with E-state index < -0.39 is 0 Å². The van der Waals surface area contributed by atoms with Crippen molar-refractivity contribution in [3.05, 3.63) is 291 Å². The maximum atomic E-state index is 5.88. The van der Waals surface area contributed by atoms with Crippen molar-refractivity contribution in [3.63, 3.8) is 0 Å². The third kappa shape index (κ3) is 8.57. The second-order valence-corrected chi connectivity index (χ2v) is 19.1. The standard InChI is InChI=1S/C73H50N4/c1-3-20-58(21-4-2)76-70-34-16-14-32-66(70)68-50-64(44-46-72(68)76)74(62-30-18-26-56(48-62)52-22-8-5-9-23-52)60-40-36-54(37-41-60)55-38-42-61(43-39-55)75(63-31-19-27-57(49-63)53-24-10-6-11-25-53)65-45-47-73-69(51-65)67-33-15-17-35-71(67)77(73)59-28-12-7-13-29-59/h1,4-15,17-33,35-51H,2H3/b21-4-,58-20+. The lowest BCUT2D eigenvalue weighted by molar-refractivity contribution is 1.18. The lowest BCUT2D eigenvalue weighted by Crippen LogP contribution is -2.10. The smallest absolute Gasteiger partial charge is 0.105 e. The summed E-state index contributed by atoms with van der Waals surface area (Å²) in [6.45, 7) is 2.00. The maximum absolute atomic E-state index is 5.88. The second kappa shape index (κ2) is 20.1. The van der Waals surface area contributed by atoms with E-state index in [-0.39, 0.29) is 0 Å². The van der Waals surface area contributed by atoms with Crippen LogP contribution in [0.2, 0.25) is 0 Å². The molecule has 0 radical (unpaired) electrons. The van der Waals surface area contributed by atoms with E-state index in [1.54, 1.807) is 6.08 Å². The van der Waals surface area contributed by atoms with Gasteiger partial charge in [-0.2, -0.15) is 0 Å². The van der Waals surface area contributed by atoms with Crippen LogP contribution in [-0.2, 0) is 0 Å². The molecule has 2 heterocycles. The highest BCUT2D eigenvalue weighted by Gasteiger charge is 2.21. The van der Waals surface area contributed by atoms with E-state index in [1.165, 1.54) is 21.9 Å².